The highest BCUT2D eigenvalue weighted by molar-refractivity contribution is 5.49. The number of carbonyl (C=O) groups excluding carboxylic acids is 4. The van der Waals surface area contributed by atoms with Gasteiger partial charge in [-0.1, -0.05) is 81.4 Å². The minimum absolute atomic E-state index is 0.00750. The van der Waals surface area contributed by atoms with Crippen LogP contribution in [0, 0.1) is 10.8 Å². The Morgan fingerprint density at radius 3 is 1.71 bits per heavy atom. The normalized spacial score (nSPS) is 20.3. The Morgan fingerprint density at radius 2 is 1.29 bits per heavy atom. The van der Waals surface area contributed by atoms with Crippen molar-refractivity contribution in [2.45, 2.75) is 51.7 Å². The number of nitrogens with zero attached hydrogens (tertiary/aromatic N) is 4. The zero-order chi connectivity index (χ0) is 25.8. The number of benzene rings is 2. The largest absolute Gasteiger partial charge is 0.238 e. The van der Waals surface area contributed by atoms with Gasteiger partial charge >= 0.3 is 0 Å². The average molecular weight is 473 g/mol. The molecule has 1 fully saturated rings. The van der Waals surface area contributed by atoms with Crippen molar-refractivity contribution in [2.75, 3.05) is 6.54 Å². The van der Waals surface area contributed by atoms with E-state index in [0.29, 0.717) is 17.7 Å². The van der Waals surface area contributed by atoms with Gasteiger partial charge in [0.15, 0.2) is 0 Å². The third-order valence-corrected chi connectivity index (χ3v) is 5.95. The molecular formula is C27H28N4O4. The van der Waals surface area contributed by atoms with Gasteiger partial charge in [-0.05, 0) is 30.1 Å². The van der Waals surface area contributed by atoms with Crippen molar-refractivity contribution in [3.63, 3.8) is 0 Å². The van der Waals surface area contributed by atoms with E-state index >= 15 is 0 Å². The van der Waals surface area contributed by atoms with E-state index in [0.717, 1.165) is 19.3 Å². The highest BCUT2D eigenvalue weighted by atomic mass is 16.1. The van der Waals surface area contributed by atoms with Gasteiger partial charge < -0.3 is 0 Å². The standard InChI is InChI=1S/C15H10N2O2.C12H18N2O2/c18-11-16-15(17-12-19,13-7-3-1-4-8-13)14-9-5-2-6-10-14;1-11(2)4-10(14-9-16)5-12(3,6-11)7-13-8-15/h1-10H;10H,4-7H2,1-3H3. The van der Waals surface area contributed by atoms with E-state index in [1.54, 1.807) is 60.7 Å². The number of aliphatic imine (C=N–C) groups is 4. The van der Waals surface area contributed by atoms with Gasteiger partial charge in [0.25, 0.3) is 0 Å². The molecule has 1 aliphatic rings. The molecule has 0 aliphatic heterocycles. The third kappa shape index (κ3) is 7.48. The summed E-state index contributed by atoms with van der Waals surface area (Å²) in [4.78, 5) is 57.1. The lowest BCUT2D eigenvalue weighted by Crippen LogP contribution is -2.39. The van der Waals surface area contributed by atoms with Crippen molar-refractivity contribution in [3.8, 4) is 0 Å². The van der Waals surface area contributed by atoms with Crippen molar-refractivity contribution in [3.05, 3.63) is 71.8 Å². The summed E-state index contributed by atoms with van der Waals surface area (Å²) >= 11 is 0. The first-order valence-corrected chi connectivity index (χ1v) is 11.1. The molecule has 0 radical (unpaired) electrons. The molecule has 180 valence electrons. The van der Waals surface area contributed by atoms with Crippen molar-refractivity contribution in [2.24, 2.45) is 30.8 Å². The molecule has 0 heterocycles. The van der Waals surface area contributed by atoms with Crippen LogP contribution in [0.2, 0.25) is 0 Å². The van der Waals surface area contributed by atoms with E-state index in [9.17, 15) is 19.2 Å². The lowest BCUT2D eigenvalue weighted by molar-refractivity contribution is 0.0915. The first kappa shape index (κ1) is 27.2. The molecule has 3 rings (SSSR count). The highest BCUT2D eigenvalue weighted by Crippen LogP contribution is 2.47. The number of rotatable bonds is 7. The van der Waals surface area contributed by atoms with Crippen molar-refractivity contribution in [1.82, 2.24) is 0 Å². The lowest BCUT2D eigenvalue weighted by Gasteiger charge is -2.44. The number of hydrogen-bond acceptors (Lipinski definition) is 8. The van der Waals surface area contributed by atoms with E-state index in [1.165, 1.54) is 12.2 Å². The van der Waals surface area contributed by atoms with Gasteiger partial charge in [-0.25, -0.2) is 29.2 Å². The molecule has 2 aromatic rings. The molecule has 0 bridgehead atoms. The highest BCUT2D eigenvalue weighted by Gasteiger charge is 2.41. The van der Waals surface area contributed by atoms with Gasteiger partial charge in [0.05, 0.1) is 12.6 Å². The summed E-state index contributed by atoms with van der Waals surface area (Å²) in [7, 11) is 0. The van der Waals surface area contributed by atoms with Gasteiger partial charge in [-0.2, -0.15) is 9.98 Å². The Balaban J connectivity index is 0.000000251. The van der Waals surface area contributed by atoms with Crippen LogP contribution in [0.1, 0.15) is 51.2 Å². The Labute approximate surface area is 204 Å². The van der Waals surface area contributed by atoms with Crippen molar-refractivity contribution >= 4 is 24.3 Å². The fourth-order valence-electron chi connectivity index (χ4n) is 5.01. The quantitative estimate of drug-likeness (QED) is 0.425. The van der Waals surface area contributed by atoms with Crippen LogP contribution >= 0.6 is 0 Å². The van der Waals surface area contributed by atoms with Gasteiger partial charge in [-0.15, -0.1) is 0 Å². The van der Waals surface area contributed by atoms with Crippen LogP contribution in [0.3, 0.4) is 0 Å². The van der Waals surface area contributed by atoms with Gasteiger partial charge in [0, 0.05) is 11.1 Å². The second-order valence-electron chi connectivity index (χ2n) is 9.65. The Morgan fingerprint density at radius 1 is 0.771 bits per heavy atom. The van der Waals surface area contributed by atoms with E-state index in [4.69, 9.17) is 0 Å². The average Bonchev–Trinajstić information content (AvgIpc) is 2.83. The summed E-state index contributed by atoms with van der Waals surface area (Å²) in [6, 6.07) is 17.8. The van der Waals surface area contributed by atoms with Crippen molar-refractivity contribution < 1.29 is 19.2 Å². The molecule has 1 saturated carbocycles. The molecule has 0 aromatic heterocycles. The summed E-state index contributed by atoms with van der Waals surface area (Å²) in [6.45, 7) is 6.86. The number of isocyanates is 4. The molecule has 0 saturated heterocycles. The first-order chi connectivity index (χ1) is 16.7. The molecule has 8 heteroatoms. The van der Waals surface area contributed by atoms with E-state index in [-0.39, 0.29) is 16.9 Å². The maximum absolute atomic E-state index is 10.8. The fourth-order valence-corrected chi connectivity index (χ4v) is 5.01. The molecule has 1 aliphatic carbocycles. The Hall–Kier alpha value is -4.04. The molecule has 0 amide bonds. The molecule has 0 N–H and O–H groups in total. The van der Waals surface area contributed by atoms with Crippen LogP contribution in [-0.2, 0) is 24.8 Å². The molecular weight excluding hydrogens is 444 g/mol. The first-order valence-electron chi connectivity index (χ1n) is 11.1. The van der Waals surface area contributed by atoms with Crippen LogP contribution in [0.5, 0.6) is 0 Å². The second kappa shape index (κ2) is 12.4. The van der Waals surface area contributed by atoms with E-state index < -0.39 is 5.66 Å². The topological polar surface area (TPSA) is 118 Å². The maximum Gasteiger partial charge on any atom is 0.238 e. The molecule has 8 nitrogen and oxygen atoms in total. The predicted octanol–water partition coefficient (Wildman–Crippen LogP) is 4.80. The minimum atomic E-state index is -1.41. The molecule has 35 heavy (non-hydrogen) atoms. The Kier molecular flexibility index (Phi) is 9.66. The summed E-state index contributed by atoms with van der Waals surface area (Å²) in [5.74, 6) is 0. The minimum Gasteiger partial charge on any atom is -0.211 e. The van der Waals surface area contributed by atoms with Crippen molar-refractivity contribution in [1.29, 1.82) is 0 Å². The summed E-state index contributed by atoms with van der Waals surface area (Å²) < 4.78 is 0. The maximum atomic E-state index is 10.8. The molecule has 0 spiro atoms. The summed E-state index contributed by atoms with van der Waals surface area (Å²) in [5.41, 5.74) is -0.145. The van der Waals surface area contributed by atoms with E-state index in [2.05, 4.69) is 40.7 Å². The summed E-state index contributed by atoms with van der Waals surface area (Å²) in [6.07, 6.45) is 8.87. The third-order valence-electron chi connectivity index (χ3n) is 5.95. The van der Waals surface area contributed by atoms with Crippen LogP contribution in [0.25, 0.3) is 0 Å². The van der Waals surface area contributed by atoms with E-state index in [1.807, 2.05) is 12.1 Å². The molecule has 2 unspecified atom stereocenters. The van der Waals surface area contributed by atoms with Crippen LogP contribution in [0.4, 0.5) is 0 Å². The zero-order valence-corrected chi connectivity index (χ0v) is 20.1. The zero-order valence-electron chi connectivity index (χ0n) is 20.1. The van der Waals surface area contributed by atoms with Gasteiger partial charge in [0.1, 0.15) is 0 Å². The summed E-state index contributed by atoms with van der Waals surface area (Å²) in [5, 5.41) is 0. The second-order valence-corrected chi connectivity index (χ2v) is 9.65. The van der Waals surface area contributed by atoms with Crippen LogP contribution < -0.4 is 0 Å². The van der Waals surface area contributed by atoms with Gasteiger partial charge in [-0.3, -0.25) is 0 Å². The Bertz CT molecular complexity index is 1110. The fraction of sp³-hybridized carbons (Fsp3) is 0.407. The molecule has 2 aromatic carbocycles. The monoisotopic (exact) mass is 472 g/mol. The van der Waals surface area contributed by atoms with Crippen LogP contribution in [-0.4, -0.2) is 36.9 Å². The lowest BCUT2D eigenvalue weighted by atomic mass is 9.63. The predicted molar refractivity (Wildman–Crippen MR) is 131 cm³/mol. The smallest absolute Gasteiger partial charge is 0.211 e. The SMILES string of the molecule is CC1(C)CC(N=C=O)CC(C)(CN=C=O)C1.O=C=NC(N=C=O)(c1ccccc1)c1ccccc1. The van der Waals surface area contributed by atoms with Gasteiger partial charge in [0.2, 0.25) is 30.0 Å². The molecule has 2 atom stereocenters. The number of hydrogen-bond donors (Lipinski definition) is 0. The van der Waals surface area contributed by atoms with Crippen LogP contribution in [0.15, 0.2) is 80.6 Å².